The second kappa shape index (κ2) is 4.66. The van der Waals surface area contributed by atoms with Gasteiger partial charge in [-0.25, -0.2) is 4.98 Å². The van der Waals surface area contributed by atoms with Gasteiger partial charge in [0, 0.05) is 11.3 Å². The predicted molar refractivity (Wildman–Crippen MR) is 74.9 cm³/mol. The van der Waals surface area contributed by atoms with Crippen molar-refractivity contribution >= 4 is 22.4 Å². The third-order valence-corrected chi connectivity index (χ3v) is 3.91. The number of hydrogen-bond acceptors (Lipinski definition) is 4. The van der Waals surface area contributed by atoms with Crippen molar-refractivity contribution in [1.82, 2.24) is 4.98 Å². The van der Waals surface area contributed by atoms with Crippen molar-refractivity contribution in [1.29, 1.82) is 0 Å². The molecule has 0 aliphatic heterocycles. The molecule has 0 spiro atoms. The largest absolute Gasteiger partial charge is 0.507 e. The van der Waals surface area contributed by atoms with Crippen molar-refractivity contribution < 1.29 is 9.90 Å². The summed E-state index contributed by atoms with van der Waals surface area (Å²) in [5, 5.41) is 15.1. The van der Waals surface area contributed by atoms with Crippen LogP contribution in [0.25, 0.3) is 0 Å². The third-order valence-electron chi connectivity index (χ3n) is 3.14. The van der Waals surface area contributed by atoms with E-state index in [9.17, 15) is 9.90 Å². The molecule has 0 atom stereocenters. The number of nitrogens with zero attached hydrogens (tertiary/aromatic N) is 1. The Morgan fingerprint density at radius 2 is 2.26 bits per heavy atom. The maximum atomic E-state index is 12.0. The topological polar surface area (TPSA) is 62.2 Å². The SMILES string of the molecule is Cc1ccc(C(=O)Nc2nc(C3CC3)cs2)c(O)c1. The molecular formula is C14H14N2O2S. The molecule has 1 amide bonds. The summed E-state index contributed by atoms with van der Waals surface area (Å²) < 4.78 is 0. The van der Waals surface area contributed by atoms with Gasteiger partial charge in [0.1, 0.15) is 5.75 Å². The molecule has 0 unspecified atom stereocenters. The van der Waals surface area contributed by atoms with Gasteiger partial charge in [-0.1, -0.05) is 6.07 Å². The van der Waals surface area contributed by atoms with E-state index in [0.717, 1.165) is 11.3 Å². The van der Waals surface area contributed by atoms with Crippen molar-refractivity contribution in [2.24, 2.45) is 0 Å². The van der Waals surface area contributed by atoms with Crippen LogP contribution < -0.4 is 5.32 Å². The molecule has 2 aromatic rings. The fraction of sp³-hybridized carbons (Fsp3) is 0.286. The fourth-order valence-electron chi connectivity index (χ4n) is 1.91. The Kier molecular flexibility index (Phi) is 2.98. The summed E-state index contributed by atoms with van der Waals surface area (Å²) in [6, 6.07) is 4.99. The first-order chi connectivity index (χ1) is 9.13. The molecule has 1 saturated carbocycles. The quantitative estimate of drug-likeness (QED) is 0.902. The minimum absolute atomic E-state index is 0.00327. The van der Waals surface area contributed by atoms with Crippen molar-refractivity contribution in [2.75, 3.05) is 5.32 Å². The van der Waals surface area contributed by atoms with E-state index in [1.807, 2.05) is 12.3 Å². The van der Waals surface area contributed by atoms with E-state index in [1.54, 1.807) is 18.2 Å². The zero-order valence-corrected chi connectivity index (χ0v) is 11.3. The first kappa shape index (κ1) is 12.2. The van der Waals surface area contributed by atoms with Gasteiger partial charge < -0.3 is 5.11 Å². The number of rotatable bonds is 3. The summed E-state index contributed by atoms with van der Waals surface area (Å²) in [5.74, 6) is 0.250. The molecular weight excluding hydrogens is 260 g/mol. The molecule has 1 heterocycles. The van der Waals surface area contributed by atoms with Crippen LogP contribution in [0, 0.1) is 6.92 Å². The lowest BCUT2D eigenvalue weighted by molar-refractivity contribution is 0.102. The summed E-state index contributed by atoms with van der Waals surface area (Å²) in [4.78, 5) is 16.4. The van der Waals surface area contributed by atoms with Crippen LogP contribution in [0.2, 0.25) is 0 Å². The molecule has 0 bridgehead atoms. The highest BCUT2D eigenvalue weighted by Crippen LogP contribution is 2.40. The number of anilines is 1. The molecule has 2 N–H and O–H groups in total. The van der Waals surface area contributed by atoms with E-state index >= 15 is 0 Å². The molecule has 4 nitrogen and oxygen atoms in total. The number of amides is 1. The number of phenols is 1. The van der Waals surface area contributed by atoms with Crippen LogP contribution in [-0.2, 0) is 0 Å². The van der Waals surface area contributed by atoms with E-state index in [-0.39, 0.29) is 17.2 Å². The van der Waals surface area contributed by atoms with Crippen molar-refractivity contribution in [3.63, 3.8) is 0 Å². The van der Waals surface area contributed by atoms with Gasteiger partial charge in [-0.15, -0.1) is 11.3 Å². The average Bonchev–Trinajstić information content (AvgIpc) is 3.10. The van der Waals surface area contributed by atoms with Gasteiger partial charge in [-0.3, -0.25) is 10.1 Å². The number of carbonyl (C=O) groups excluding carboxylic acids is 1. The Bertz CT molecular complexity index is 632. The lowest BCUT2D eigenvalue weighted by atomic mass is 10.1. The van der Waals surface area contributed by atoms with Gasteiger partial charge >= 0.3 is 0 Å². The maximum Gasteiger partial charge on any atom is 0.261 e. The summed E-state index contributed by atoms with van der Waals surface area (Å²) >= 11 is 1.43. The number of phenolic OH excluding ortho intramolecular Hbond substituents is 1. The Labute approximate surface area is 115 Å². The number of carbonyl (C=O) groups is 1. The van der Waals surface area contributed by atoms with Gasteiger partial charge in [0.15, 0.2) is 5.13 Å². The second-order valence-electron chi connectivity index (χ2n) is 4.83. The zero-order valence-electron chi connectivity index (χ0n) is 10.5. The molecule has 98 valence electrons. The van der Waals surface area contributed by atoms with Gasteiger partial charge in [-0.05, 0) is 37.5 Å². The van der Waals surface area contributed by atoms with E-state index in [2.05, 4.69) is 10.3 Å². The monoisotopic (exact) mass is 274 g/mol. The van der Waals surface area contributed by atoms with Crippen molar-refractivity contribution in [3.8, 4) is 5.75 Å². The van der Waals surface area contributed by atoms with Crippen LogP contribution in [0.1, 0.15) is 40.4 Å². The van der Waals surface area contributed by atoms with Gasteiger partial charge in [0.25, 0.3) is 5.91 Å². The highest BCUT2D eigenvalue weighted by molar-refractivity contribution is 7.14. The lowest BCUT2D eigenvalue weighted by Crippen LogP contribution is -2.12. The smallest absolute Gasteiger partial charge is 0.261 e. The first-order valence-corrected chi connectivity index (χ1v) is 7.08. The fourth-order valence-corrected chi connectivity index (χ4v) is 2.70. The number of nitrogens with one attached hydrogen (secondary N) is 1. The highest BCUT2D eigenvalue weighted by atomic mass is 32.1. The van der Waals surface area contributed by atoms with E-state index in [1.165, 1.54) is 24.2 Å². The molecule has 1 aromatic heterocycles. The number of benzene rings is 1. The Balaban J connectivity index is 1.76. The Hall–Kier alpha value is -1.88. The van der Waals surface area contributed by atoms with Crippen molar-refractivity contribution in [3.05, 3.63) is 40.4 Å². The number of thiazole rings is 1. The number of aryl methyl sites for hydroxylation is 1. The molecule has 1 fully saturated rings. The normalized spacial score (nSPS) is 14.4. The second-order valence-corrected chi connectivity index (χ2v) is 5.68. The Morgan fingerprint density at radius 1 is 1.47 bits per heavy atom. The molecule has 19 heavy (non-hydrogen) atoms. The van der Waals surface area contributed by atoms with E-state index < -0.39 is 0 Å². The van der Waals surface area contributed by atoms with Crippen LogP contribution in [0.3, 0.4) is 0 Å². The van der Waals surface area contributed by atoms with Crippen LogP contribution in [0.4, 0.5) is 5.13 Å². The lowest BCUT2D eigenvalue weighted by Gasteiger charge is -2.04. The molecule has 0 saturated heterocycles. The predicted octanol–water partition coefficient (Wildman–Crippen LogP) is 3.29. The van der Waals surface area contributed by atoms with Gasteiger partial charge in [-0.2, -0.15) is 0 Å². The summed E-state index contributed by atoms with van der Waals surface area (Å²) in [5.41, 5.74) is 2.25. The summed E-state index contributed by atoms with van der Waals surface area (Å²) in [6.45, 7) is 1.87. The van der Waals surface area contributed by atoms with Crippen LogP contribution in [0.15, 0.2) is 23.6 Å². The number of aromatic nitrogens is 1. The van der Waals surface area contributed by atoms with Gasteiger partial charge in [0.2, 0.25) is 0 Å². The highest BCUT2D eigenvalue weighted by Gasteiger charge is 2.26. The third kappa shape index (κ3) is 2.61. The van der Waals surface area contributed by atoms with Crippen LogP contribution in [0.5, 0.6) is 5.75 Å². The number of hydrogen-bond donors (Lipinski definition) is 2. The number of aromatic hydroxyl groups is 1. The Morgan fingerprint density at radius 3 is 2.95 bits per heavy atom. The molecule has 1 aliphatic rings. The first-order valence-electron chi connectivity index (χ1n) is 6.20. The molecule has 0 radical (unpaired) electrons. The average molecular weight is 274 g/mol. The maximum absolute atomic E-state index is 12.0. The molecule has 1 aliphatic carbocycles. The molecule has 5 heteroatoms. The van der Waals surface area contributed by atoms with Gasteiger partial charge in [0.05, 0.1) is 11.3 Å². The van der Waals surface area contributed by atoms with Crippen molar-refractivity contribution in [2.45, 2.75) is 25.7 Å². The zero-order chi connectivity index (χ0) is 13.4. The standard InChI is InChI=1S/C14H14N2O2S/c1-8-2-5-10(12(17)6-8)13(18)16-14-15-11(7-19-14)9-3-4-9/h2,5-7,9,17H,3-4H2,1H3,(H,15,16,18). The molecule has 3 rings (SSSR count). The van der Waals surface area contributed by atoms with Crippen LogP contribution in [-0.4, -0.2) is 16.0 Å². The summed E-state index contributed by atoms with van der Waals surface area (Å²) in [7, 11) is 0. The van der Waals surface area contributed by atoms with Crippen LogP contribution >= 0.6 is 11.3 Å². The minimum atomic E-state index is -0.325. The summed E-state index contributed by atoms with van der Waals surface area (Å²) in [6.07, 6.45) is 2.38. The van der Waals surface area contributed by atoms with E-state index in [4.69, 9.17) is 0 Å². The minimum Gasteiger partial charge on any atom is -0.507 e. The van der Waals surface area contributed by atoms with E-state index in [0.29, 0.717) is 11.0 Å². The molecule has 1 aromatic carbocycles.